The number of nitrogens with zero attached hydrogens (tertiary/aromatic N) is 1. The number of rotatable bonds is 9. The van der Waals surface area contributed by atoms with Crippen LogP contribution in [0.1, 0.15) is 62.1 Å². The monoisotopic (exact) mass is 504 g/mol. The summed E-state index contributed by atoms with van der Waals surface area (Å²) in [5.41, 5.74) is 2.68. The van der Waals surface area contributed by atoms with E-state index in [2.05, 4.69) is 5.32 Å². The first kappa shape index (κ1) is 26.4. The van der Waals surface area contributed by atoms with Gasteiger partial charge in [0.15, 0.2) is 6.61 Å². The van der Waals surface area contributed by atoms with Gasteiger partial charge in [0.25, 0.3) is 5.91 Å². The van der Waals surface area contributed by atoms with Crippen molar-refractivity contribution in [2.24, 2.45) is 0 Å². The van der Waals surface area contributed by atoms with Crippen molar-refractivity contribution in [1.29, 1.82) is 0 Å². The SMILES string of the molecule is CC[C@H](C(=O)NC1CCCCC1)N(Cc1ccc(Cl)cc1)C(=O)COc1cc(C)c(Cl)c(C)c1. The Hall–Kier alpha value is -2.24. The van der Waals surface area contributed by atoms with Gasteiger partial charge in [-0.25, -0.2) is 0 Å². The highest BCUT2D eigenvalue weighted by Gasteiger charge is 2.30. The van der Waals surface area contributed by atoms with Crippen molar-refractivity contribution in [3.8, 4) is 5.75 Å². The molecule has 0 bridgehead atoms. The zero-order valence-electron chi connectivity index (χ0n) is 20.2. The summed E-state index contributed by atoms with van der Waals surface area (Å²) in [5.74, 6) is 0.236. The van der Waals surface area contributed by atoms with Crippen LogP contribution in [0.15, 0.2) is 36.4 Å². The van der Waals surface area contributed by atoms with Gasteiger partial charge in [0.2, 0.25) is 5.91 Å². The maximum absolute atomic E-state index is 13.4. The summed E-state index contributed by atoms with van der Waals surface area (Å²) in [6.07, 6.45) is 5.96. The number of benzene rings is 2. The number of carbonyl (C=O) groups excluding carboxylic acids is 2. The Labute approximate surface area is 212 Å². The van der Waals surface area contributed by atoms with Gasteiger partial charge in [-0.15, -0.1) is 0 Å². The number of amides is 2. The fraction of sp³-hybridized carbons (Fsp3) is 0.481. The van der Waals surface area contributed by atoms with Crippen LogP contribution in [0, 0.1) is 13.8 Å². The third kappa shape index (κ3) is 7.13. The van der Waals surface area contributed by atoms with E-state index in [1.165, 1.54) is 6.42 Å². The quantitative estimate of drug-likeness (QED) is 0.439. The molecule has 1 atom stereocenters. The standard InChI is InChI=1S/C27H34Cl2N2O3/c1-4-24(27(33)30-22-8-6-5-7-9-22)31(16-20-10-12-21(28)13-11-20)25(32)17-34-23-14-18(2)26(29)19(3)15-23/h10-15,22,24H,4-9,16-17H2,1-3H3,(H,30,33)/t24-/m1/s1. The highest BCUT2D eigenvalue weighted by molar-refractivity contribution is 6.32. The van der Waals surface area contributed by atoms with Crippen molar-refractivity contribution in [2.45, 2.75) is 77.9 Å². The van der Waals surface area contributed by atoms with Crippen LogP contribution in [0.25, 0.3) is 0 Å². The molecule has 1 aliphatic rings. The summed E-state index contributed by atoms with van der Waals surface area (Å²) in [5, 5.41) is 4.50. The van der Waals surface area contributed by atoms with Gasteiger partial charge in [-0.05, 0) is 74.1 Å². The number of carbonyl (C=O) groups is 2. The van der Waals surface area contributed by atoms with Crippen molar-refractivity contribution >= 4 is 35.0 Å². The first-order chi connectivity index (χ1) is 16.3. The molecule has 5 nitrogen and oxygen atoms in total. The molecule has 0 aromatic heterocycles. The average Bonchev–Trinajstić information content (AvgIpc) is 2.82. The van der Waals surface area contributed by atoms with Crippen LogP contribution in [-0.4, -0.2) is 35.4 Å². The van der Waals surface area contributed by atoms with Gasteiger partial charge in [0, 0.05) is 22.6 Å². The Morgan fingerprint density at radius 3 is 2.26 bits per heavy atom. The fourth-order valence-electron chi connectivity index (χ4n) is 4.47. The second-order valence-electron chi connectivity index (χ2n) is 9.08. The van der Waals surface area contributed by atoms with Crippen LogP contribution in [0.5, 0.6) is 5.75 Å². The maximum atomic E-state index is 13.4. The summed E-state index contributed by atoms with van der Waals surface area (Å²) >= 11 is 12.3. The van der Waals surface area contributed by atoms with Crippen molar-refractivity contribution in [2.75, 3.05) is 6.61 Å². The molecule has 0 saturated heterocycles. The van der Waals surface area contributed by atoms with Crippen molar-refractivity contribution in [1.82, 2.24) is 10.2 Å². The Bertz CT molecular complexity index is 965. The smallest absolute Gasteiger partial charge is 0.261 e. The molecule has 34 heavy (non-hydrogen) atoms. The molecule has 1 aliphatic carbocycles. The third-order valence-corrected chi connectivity index (χ3v) is 7.22. The predicted octanol–water partition coefficient (Wildman–Crippen LogP) is 6.25. The van der Waals surface area contributed by atoms with E-state index < -0.39 is 6.04 Å². The van der Waals surface area contributed by atoms with E-state index in [1.807, 2.05) is 45.0 Å². The number of hydrogen-bond acceptors (Lipinski definition) is 3. The Kier molecular flexibility index (Phi) is 9.66. The van der Waals surface area contributed by atoms with Crippen LogP contribution in [0.4, 0.5) is 0 Å². The second kappa shape index (κ2) is 12.5. The summed E-state index contributed by atoms with van der Waals surface area (Å²) in [6.45, 7) is 5.87. The molecule has 0 unspecified atom stereocenters. The lowest BCUT2D eigenvalue weighted by molar-refractivity contribution is -0.143. The molecule has 1 fully saturated rings. The van der Waals surface area contributed by atoms with Gasteiger partial charge in [-0.2, -0.15) is 0 Å². The van der Waals surface area contributed by atoms with Crippen LogP contribution < -0.4 is 10.1 Å². The number of hydrogen-bond donors (Lipinski definition) is 1. The molecule has 0 heterocycles. The van der Waals surface area contributed by atoms with Gasteiger partial charge in [0.1, 0.15) is 11.8 Å². The van der Waals surface area contributed by atoms with Crippen LogP contribution in [-0.2, 0) is 16.1 Å². The van der Waals surface area contributed by atoms with Gasteiger partial charge in [-0.3, -0.25) is 9.59 Å². The summed E-state index contributed by atoms with van der Waals surface area (Å²) < 4.78 is 5.84. The van der Waals surface area contributed by atoms with Crippen molar-refractivity contribution in [3.63, 3.8) is 0 Å². The van der Waals surface area contributed by atoms with E-state index in [1.54, 1.807) is 17.0 Å². The molecule has 2 amide bonds. The molecular weight excluding hydrogens is 471 g/mol. The van der Waals surface area contributed by atoms with Gasteiger partial charge < -0.3 is 15.0 Å². The molecular formula is C27H34Cl2N2O3. The van der Waals surface area contributed by atoms with Crippen molar-refractivity contribution < 1.29 is 14.3 Å². The molecule has 1 N–H and O–H groups in total. The second-order valence-corrected chi connectivity index (χ2v) is 9.89. The maximum Gasteiger partial charge on any atom is 0.261 e. The molecule has 0 aliphatic heterocycles. The van der Waals surface area contributed by atoms with E-state index in [9.17, 15) is 9.59 Å². The van der Waals surface area contributed by atoms with E-state index in [-0.39, 0.29) is 24.5 Å². The van der Waals surface area contributed by atoms with E-state index in [0.29, 0.717) is 28.8 Å². The molecule has 7 heteroatoms. The molecule has 184 valence electrons. The largest absolute Gasteiger partial charge is 0.484 e. The lowest BCUT2D eigenvalue weighted by Gasteiger charge is -2.32. The Morgan fingerprint density at radius 2 is 1.68 bits per heavy atom. The number of nitrogens with one attached hydrogen (secondary N) is 1. The lowest BCUT2D eigenvalue weighted by Crippen LogP contribution is -2.52. The zero-order valence-corrected chi connectivity index (χ0v) is 21.7. The minimum absolute atomic E-state index is 0.102. The highest BCUT2D eigenvalue weighted by atomic mass is 35.5. The average molecular weight is 505 g/mol. The summed E-state index contributed by atoms with van der Waals surface area (Å²) in [7, 11) is 0. The van der Waals surface area contributed by atoms with Gasteiger partial charge in [0.05, 0.1) is 0 Å². The highest BCUT2D eigenvalue weighted by Crippen LogP contribution is 2.26. The van der Waals surface area contributed by atoms with E-state index in [4.69, 9.17) is 27.9 Å². The molecule has 2 aromatic carbocycles. The minimum atomic E-state index is -0.581. The number of aryl methyl sites for hydroxylation is 2. The third-order valence-electron chi connectivity index (χ3n) is 6.38. The topological polar surface area (TPSA) is 58.6 Å². The Balaban J connectivity index is 1.77. The molecule has 1 saturated carbocycles. The molecule has 3 rings (SSSR count). The minimum Gasteiger partial charge on any atom is -0.484 e. The first-order valence-corrected chi connectivity index (χ1v) is 12.8. The molecule has 2 aromatic rings. The number of halogens is 2. The summed E-state index contributed by atoms with van der Waals surface area (Å²) in [6, 6.07) is 10.6. The van der Waals surface area contributed by atoms with Crippen molar-refractivity contribution in [3.05, 3.63) is 63.1 Å². The number of ether oxygens (including phenoxy) is 1. The summed E-state index contributed by atoms with van der Waals surface area (Å²) in [4.78, 5) is 28.3. The van der Waals surface area contributed by atoms with E-state index >= 15 is 0 Å². The lowest BCUT2D eigenvalue weighted by atomic mass is 9.95. The predicted molar refractivity (Wildman–Crippen MR) is 138 cm³/mol. The van der Waals surface area contributed by atoms with E-state index in [0.717, 1.165) is 42.4 Å². The van der Waals surface area contributed by atoms with Gasteiger partial charge >= 0.3 is 0 Å². The Morgan fingerprint density at radius 1 is 1.06 bits per heavy atom. The normalized spacial score (nSPS) is 15.0. The first-order valence-electron chi connectivity index (χ1n) is 12.0. The van der Waals surface area contributed by atoms with Crippen LogP contribution >= 0.6 is 23.2 Å². The zero-order chi connectivity index (χ0) is 24.7. The van der Waals surface area contributed by atoms with Gasteiger partial charge in [-0.1, -0.05) is 61.5 Å². The van der Waals surface area contributed by atoms with Crippen LogP contribution in [0.2, 0.25) is 10.0 Å². The molecule has 0 spiro atoms. The van der Waals surface area contributed by atoms with Crippen LogP contribution in [0.3, 0.4) is 0 Å². The fourth-order valence-corrected chi connectivity index (χ4v) is 4.70. The molecule has 0 radical (unpaired) electrons.